The largest absolute Gasteiger partial charge is 0.245 e. The molecule has 0 aliphatic heterocycles. The third-order valence-electron chi connectivity index (χ3n) is 2.47. The van der Waals surface area contributed by atoms with Gasteiger partial charge in [-0.25, -0.2) is 16.8 Å². The van der Waals surface area contributed by atoms with E-state index in [9.17, 15) is 16.8 Å². The summed E-state index contributed by atoms with van der Waals surface area (Å²) >= 11 is 0. The second kappa shape index (κ2) is 5.69. The number of nitrogens with zero attached hydrogens (tertiary/aromatic N) is 2. The molecule has 6 nitrogen and oxygen atoms in total. The average Bonchev–Trinajstić information content (AvgIpc) is 2.34. The van der Waals surface area contributed by atoms with Crippen LogP contribution in [0.5, 0.6) is 0 Å². The first kappa shape index (κ1) is 15.6. The molecule has 0 fully saturated rings. The van der Waals surface area contributed by atoms with E-state index >= 15 is 0 Å². The van der Waals surface area contributed by atoms with E-state index in [0.29, 0.717) is 0 Å². The summed E-state index contributed by atoms with van der Waals surface area (Å²) in [6.45, 7) is 1.35. The van der Waals surface area contributed by atoms with Crippen LogP contribution in [-0.2, 0) is 19.9 Å². The maximum absolute atomic E-state index is 12.3. The molecule has 0 radical (unpaired) electrons. The fourth-order valence-electron chi connectivity index (χ4n) is 1.55. The Morgan fingerprint density at radius 3 is 2.11 bits per heavy atom. The van der Waals surface area contributed by atoms with Crippen LogP contribution in [0.1, 0.15) is 6.92 Å². The Kier molecular flexibility index (Phi) is 4.68. The zero-order valence-electron chi connectivity index (χ0n) is 10.6. The monoisotopic (exact) mass is 302 g/mol. The Balaban J connectivity index is 3.51. The molecule has 104 valence electrons. The second-order valence-electron chi connectivity index (χ2n) is 3.81. The normalized spacial score (nSPS) is 12.3. The van der Waals surface area contributed by atoms with E-state index in [-0.39, 0.29) is 22.9 Å². The summed E-state index contributed by atoms with van der Waals surface area (Å²) in [6.07, 6.45) is 0.946. The van der Waals surface area contributed by atoms with Gasteiger partial charge < -0.3 is 0 Å². The van der Waals surface area contributed by atoms with Crippen LogP contribution in [0.4, 0.5) is 0 Å². The molecule has 19 heavy (non-hydrogen) atoms. The van der Waals surface area contributed by atoms with Crippen LogP contribution >= 0.6 is 0 Å². The van der Waals surface area contributed by atoms with E-state index in [1.807, 2.05) is 0 Å². The van der Waals surface area contributed by atoms with E-state index in [2.05, 4.69) is 0 Å². The molecule has 0 aromatic heterocycles. The number of rotatable bonds is 5. The highest BCUT2D eigenvalue weighted by atomic mass is 32.2. The maximum atomic E-state index is 12.3. The molecule has 0 spiro atoms. The highest BCUT2D eigenvalue weighted by Gasteiger charge is 2.28. The maximum Gasteiger partial charge on any atom is 0.245 e. The zero-order valence-corrected chi connectivity index (χ0v) is 12.2. The van der Waals surface area contributed by atoms with Gasteiger partial charge >= 0.3 is 0 Å². The SMILES string of the molecule is CCN(CC#N)S(=O)(=O)c1ccccc1S(C)(=O)=O. The molecule has 1 rings (SSSR count). The van der Waals surface area contributed by atoms with Crippen molar-refractivity contribution in [3.05, 3.63) is 24.3 Å². The fraction of sp³-hybridized carbons (Fsp3) is 0.364. The summed E-state index contributed by atoms with van der Waals surface area (Å²) < 4.78 is 48.8. The Hall–Kier alpha value is -1.43. The minimum atomic E-state index is -4.00. The lowest BCUT2D eigenvalue weighted by Gasteiger charge is -2.18. The van der Waals surface area contributed by atoms with Gasteiger partial charge in [0.15, 0.2) is 9.84 Å². The average molecular weight is 302 g/mol. The summed E-state index contributed by atoms with van der Waals surface area (Å²) in [6, 6.07) is 7.12. The summed E-state index contributed by atoms with van der Waals surface area (Å²) in [7, 11) is -7.66. The number of benzene rings is 1. The quantitative estimate of drug-likeness (QED) is 0.743. The Labute approximate surface area is 113 Å². The first-order chi connectivity index (χ1) is 8.75. The van der Waals surface area contributed by atoms with Crippen molar-refractivity contribution in [2.24, 2.45) is 0 Å². The molecule has 0 atom stereocenters. The highest BCUT2D eigenvalue weighted by Crippen LogP contribution is 2.23. The van der Waals surface area contributed by atoms with Crippen LogP contribution in [0.2, 0.25) is 0 Å². The molecular formula is C11H14N2O4S2. The molecule has 8 heteroatoms. The minimum absolute atomic E-state index is 0.0913. The highest BCUT2D eigenvalue weighted by molar-refractivity contribution is 7.93. The van der Waals surface area contributed by atoms with Gasteiger partial charge in [0.2, 0.25) is 10.0 Å². The molecule has 0 heterocycles. The van der Waals surface area contributed by atoms with Crippen LogP contribution < -0.4 is 0 Å². The third kappa shape index (κ3) is 3.32. The summed E-state index contributed by atoms with van der Waals surface area (Å²) in [5.41, 5.74) is 0. The van der Waals surface area contributed by atoms with Crippen LogP contribution in [-0.4, -0.2) is 40.5 Å². The Morgan fingerprint density at radius 1 is 1.16 bits per heavy atom. The number of hydrogen-bond acceptors (Lipinski definition) is 5. The standard InChI is InChI=1S/C11H14N2O4S2/c1-3-13(9-8-12)19(16,17)11-7-5-4-6-10(11)18(2,14)15/h4-7H,3,9H2,1-2H3. The second-order valence-corrected chi connectivity index (χ2v) is 7.70. The van der Waals surface area contributed by atoms with Crippen molar-refractivity contribution in [3.8, 4) is 6.07 Å². The topological polar surface area (TPSA) is 95.3 Å². The van der Waals surface area contributed by atoms with E-state index in [4.69, 9.17) is 5.26 Å². The van der Waals surface area contributed by atoms with E-state index in [1.165, 1.54) is 24.3 Å². The molecule has 0 saturated heterocycles. The minimum Gasteiger partial charge on any atom is -0.224 e. The van der Waals surface area contributed by atoms with Crippen molar-refractivity contribution in [1.29, 1.82) is 5.26 Å². The van der Waals surface area contributed by atoms with Crippen molar-refractivity contribution in [1.82, 2.24) is 4.31 Å². The van der Waals surface area contributed by atoms with Crippen molar-refractivity contribution in [2.75, 3.05) is 19.3 Å². The molecule has 0 N–H and O–H groups in total. The molecular weight excluding hydrogens is 288 g/mol. The van der Waals surface area contributed by atoms with Crippen LogP contribution in [0.15, 0.2) is 34.1 Å². The lowest BCUT2D eigenvalue weighted by molar-refractivity contribution is 0.460. The lowest BCUT2D eigenvalue weighted by atomic mass is 10.4. The molecule has 0 saturated carbocycles. The predicted octanol–water partition coefficient (Wildman–Crippen LogP) is 0.624. The first-order valence-electron chi connectivity index (χ1n) is 5.41. The fourth-order valence-corrected chi connectivity index (χ4v) is 4.50. The number of sulfonamides is 1. The Morgan fingerprint density at radius 2 is 1.68 bits per heavy atom. The van der Waals surface area contributed by atoms with Gasteiger partial charge in [0, 0.05) is 12.8 Å². The first-order valence-corrected chi connectivity index (χ1v) is 8.74. The van der Waals surface area contributed by atoms with E-state index < -0.39 is 19.9 Å². The lowest BCUT2D eigenvalue weighted by Crippen LogP contribution is -2.32. The molecule has 1 aromatic rings. The predicted molar refractivity (Wildman–Crippen MR) is 69.6 cm³/mol. The van der Waals surface area contributed by atoms with Gasteiger partial charge in [-0.3, -0.25) is 0 Å². The zero-order chi connectivity index (χ0) is 14.7. The van der Waals surface area contributed by atoms with E-state index in [0.717, 1.165) is 10.6 Å². The smallest absolute Gasteiger partial charge is 0.224 e. The van der Waals surface area contributed by atoms with Crippen molar-refractivity contribution >= 4 is 19.9 Å². The molecule has 0 unspecified atom stereocenters. The molecule has 1 aromatic carbocycles. The van der Waals surface area contributed by atoms with Gasteiger partial charge in [0.1, 0.15) is 11.4 Å². The van der Waals surface area contributed by atoms with Gasteiger partial charge in [-0.05, 0) is 12.1 Å². The number of hydrogen-bond donors (Lipinski definition) is 0. The number of nitriles is 1. The molecule has 0 bridgehead atoms. The van der Waals surface area contributed by atoms with Crippen molar-refractivity contribution in [2.45, 2.75) is 16.7 Å². The van der Waals surface area contributed by atoms with Gasteiger partial charge in [-0.2, -0.15) is 9.57 Å². The molecule has 0 aliphatic rings. The van der Waals surface area contributed by atoms with Crippen LogP contribution in [0.25, 0.3) is 0 Å². The third-order valence-corrected chi connectivity index (χ3v) is 5.73. The van der Waals surface area contributed by atoms with Gasteiger partial charge in [-0.15, -0.1) is 0 Å². The van der Waals surface area contributed by atoms with Crippen molar-refractivity contribution < 1.29 is 16.8 Å². The summed E-state index contributed by atoms with van der Waals surface area (Å²) in [4.78, 5) is -0.555. The van der Waals surface area contributed by atoms with Gasteiger partial charge in [-0.1, -0.05) is 19.1 Å². The molecule has 0 amide bonds. The van der Waals surface area contributed by atoms with Crippen LogP contribution in [0, 0.1) is 11.3 Å². The van der Waals surface area contributed by atoms with Gasteiger partial charge in [0.05, 0.1) is 11.0 Å². The number of sulfone groups is 1. The Bertz CT molecular complexity index is 702. The van der Waals surface area contributed by atoms with Crippen molar-refractivity contribution in [3.63, 3.8) is 0 Å². The van der Waals surface area contributed by atoms with Crippen LogP contribution in [0.3, 0.4) is 0 Å². The van der Waals surface area contributed by atoms with Gasteiger partial charge in [0.25, 0.3) is 0 Å². The van der Waals surface area contributed by atoms with E-state index in [1.54, 1.807) is 13.0 Å². The molecule has 0 aliphatic carbocycles. The summed E-state index contributed by atoms with van der Waals surface area (Å²) in [5, 5.41) is 8.63. The summed E-state index contributed by atoms with van der Waals surface area (Å²) in [5.74, 6) is 0.